The molecule has 0 aromatic carbocycles. The summed E-state index contributed by atoms with van der Waals surface area (Å²) in [6.07, 6.45) is 6.89. The lowest BCUT2D eigenvalue weighted by Crippen LogP contribution is -2.49. The lowest BCUT2D eigenvalue weighted by Gasteiger charge is -2.42. The van der Waals surface area contributed by atoms with E-state index < -0.39 is 50.2 Å². The van der Waals surface area contributed by atoms with Crippen LogP contribution in [0.2, 0.25) is 0 Å². The molecule has 0 fully saturated rings. The molecule has 0 atom stereocenters. The van der Waals surface area contributed by atoms with E-state index >= 15 is 0 Å². The summed E-state index contributed by atoms with van der Waals surface area (Å²) in [4.78, 5) is 49.5. The van der Waals surface area contributed by atoms with Gasteiger partial charge in [0.15, 0.2) is 23.1 Å². The maximum absolute atomic E-state index is 12.4. The third-order valence-electron chi connectivity index (χ3n) is 10.9. The number of carbonyl (C=O) groups is 4. The summed E-state index contributed by atoms with van der Waals surface area (Å²) in [5.41, 5.74) is -7.91. The number of rotatable bonds is 36. The van der Waals surface area contributed by atoms with Crippen molar-refractivity contribution in [3.8, 4) is 0 Å². The smallest absolute Gasteiger partial charge is 0.186 e. The Morgan fingerprint density at radius 3 is 0.639 bits per heavy atom. The highest BCUT2D eigenvalue weighted by atomic mass is 16.6. The van der Waals surface area contributed by atoms with Crippen LogP contribution in [-0.2, 0) is 57.1 Å². The maximum Gasteiger partial charge on any atom is 0.186 e. The third kappa shape index (κ3) is 22.0. The summed E-state index contributed by atoms with van der Waals surface area (Å²) in [5, 5.41) is 0. The molecule has 0 saturated carbocycles. The van der Waals surface area contributed by atoms with Gasteiger partial charge in [0.1, 0.15) is 22.4 Å². The first-order valence-corrected chi connectivity index (χ1v) is 21.4. The van der Waals surface area contributed by atoms with Gasteiger partial charge in [0.05, 0.1) is 80.7 Å². The van der Waals surface area contributed by atoms with E-state index in [2.05, 4.69) is 26.3 Å². The van der Waals surface area contributed by atoms with Crippen molar-refractivity contribution in [1.29, 1.82) is 0 Å². The maximum atomic E-state index is 12.4. The molecule has 0 aliphatic rings. The highest BCUT2D eigenvalue weighted by Gasteiger charge is 2.41. The Morgan fingerprint density at radius 1 is 0.328 bits per heavy atom. The molecule has 0 aliphatic heterocycles. The van der Waals surface area contributed by atoms with Crippen molar-refractivity contribution < 1.29 is 57.1 Å². The summed E-state index contributed by atoms with van der Waals surface area (Å²) in [6.45, 7) is 45.3. The fourth-order valence-electron chi connectivity index (χ4n) is 5.41. The number of ether oxygens (including phenoxy) is 8. The van der Waals surface area contributed by atoms with E-state index in [1.54, 1.807) is 55.4 Å². The van der Waals surface area contributed by atoms with Crippen LogP contribution in [-0.4, -0.2) is 121 Å². The van der Waals surface area contributed by atoms with Gasteiger partial charge < -0.3 is 37.9 Å². The molecule has 12 nitrogen and oxygen atoms in total. The molecule has 0 aromatic rings. The van der Waals surface area contributed by atoms with Gasteiger partial charge in [0.25, 0.3) is 0 Å². The molecule has 0 spiro atoms. The van der Waals surface area contributed by atoms with E-state index in [0.717, 1.165) is 0 Å². The minimum absolute atomic E-state index is 0.142. The van der Waals surface area contributed by atoms with Gasteiger partial charge in [-0.15, -0.1) is 0 Å². The molecule has 0 amide bonds. The fourth-order valence-corrected chi connectivity index (χ4v) is 5.41. The molecule has 0 radical (unpaired) electrons. The molecule has 0 heterocycles. The molecule has 0 saturated heterocycles. The molecule has 61 heavy (non-hydrogen) atoms. The predicted molar refractivity (Wildman–Crippen MR) is 242 cm³/mol. The molecule has 0 unspecified atom stereocenters. The van der Waals surface area contributed by atoms with E-state index in [0.29, 0.717) is 25.7 Å². The summed E-state index contributed by atoms with van der Waals surface area (Å²) >= 11 is 0. The van der Waals surface area contributed by atoms with Gasteiger partial charge in [-0.25, -0.2) is 0 Å². The first-order chi connectivity index (χ1) is 27.6. The number of carbonyl (C=O) groups excluding carboxylic acids is 4. The zero-order chi connectivity index (χ0) is 47.8. The molecular weight excluding hydrogens is 781 g/mol. The van der Waals surface area contributed by atoms with E-state index in [1.165, 1.54) is 24.3 Å². The summed E-state index contributed by atoms with van der Waals surface area (Å²) in [7, 11) is 0. The van der Waals surface area contributed by atoms with E-state index in [4.69, 9.17) is 37.9 Å². The van der Waals surface area contributed by atoms with Crippen LogP contribution in [0.15, 0.2) is 50.6 Å². The van der Waals surface area contributed by atoms with Gasteiger partial charge in [-0.1, -0.05) is 26.3 Å². The van der Waals surface area contributed by atoms with Crippen LogP contribution in [0.4, 0.5) is 0 Å². The summed E-state index contributed by atoms with van der Waals surface area (Å²) < 4.78 is 50.9. The zero-order valence-corrected chi connectivity index (χ0v) is 41.0. The van der Waals surface area contributed by atoms with Crippen LogP contribution < -0.4 is 0 Å². The third-order valence-corrected chi connectivity index (χ3v) is 10.9. The minimum Gasteiger partial charge on any atom is -0.375 e. The SMILES string of the molecule is C=CC(=O)C(C)(C)OCCC(C)(C)OCC(COC(C)(C)CCOC(C)(C)C(=O)C=C)(COC(C)(C)CCOC(C)(C)C(=O)C=C)COC(C)(C)CCOC(C)(C)C(=O)C=C. The Balaban J connectivity index is 6.77. The normalized spacial score (nSPS) is 13.8. The lowest BCUT2D eigenvalue weighted by atomic mass is 9.89. The van der Waals surface area contributed by atoms with Gasteiger partial charge >= 0.3 is 0 Å². The van der Waals surface area contributed by atoms with Crippen molar-refractivity contribution >= 4 is 23.1 Å². The molecule has 12 heteroatoms. The minimum atomic E-state index is -1.03. The van der Waals surface area contributed by atoms with E-state index in [9.17, 15) is 19.2 Å². The Morgan fingerprint density at radius 2 is 0.492 bits per heavy atom. The molecular formula is C49H84O12. The van der Waals surface area contributed by atoms with Crippen LogP contribution in [0.5, 0.6) is 0 Å². The summed E-state index contributed by atoms with van der Waals surface area (Å²) in [5.74, 6) is -0.858. The van der Waals surface area contributed by atoms with Crippen LogP contribution in [0, 0.1) is 5.41 Å². The van der Waals surface area contributed by atoms with Crippen molar-refractivity contribution in [3.63, 3.8) is 0 Å². The van der Waals surface area contributed by atoms with E-state index in [-0.39, 0.29) is 76.0 Å². The quantitative estimate of drug-likeness (QED) is 0.0555. The Kier molecular flexibility index (Phi) is 22.8. The average molecular weight is 865 g/mol. The Hall–Kier alpha value is -2.68. The first kappa shape index (κ1) is 58.3. The fraction of sp³-hybridized carbons (Fsp3) is 0.755. The predicted octanol–water partition coefficient (Wildman–Crippen LogP) is 8.92. The lowest BCUT2D eigenvalue weighted by molar-refractivity contribution is -0.198. The Bertz CT molecular complexity index is 1260. The van der Waals surface area contributed by atoms with Crippen molar-refractivity contribution in [2.24, 2.45) is 5.41 Å². The van der Waals surface area contributed by atoms with Gasteiger partial charge in [0, 0.05) is 0 Å². The molecule has 0 aromatic heterocycles. The second-order valence-corrected chi connectivity index (χ2v) is 20.4. The van der Waals surface area contributed by atoms with Crippen LogP contribution in [0.1, 0.15) is 136 Å². The van der Waals surface area contributed by atoms with Crippen LogP contribution in [0.25, 0.3) is 0 Å². The van der Waals surface area contributed by atoms with Crippen molar-refractivity contribution in [1.82, 2.24) is 0 Å². The number of hydrogen-bond acceptors (Lipinski definition) is 12. The Labute approximate surface area is 369 Å². The van der Waals surface area contributed by atoms with Gasteiger partial charge in [-0.05, 0) is 161 Å². The van der Waals surface area contributed by atoms with Gasteiger partial charge in [-0.2, -0.15) is 0 Å². The molecule has 0 rings (SSSR count). The van der Waals surface area contributed by atoms with Gasteiger partial charge in [0.2, 0.25) is 0 Å². The van der Waals surface area contributed by atoms with Gasteiger partial charge in [-0.3, -0.25) is 19.2 Å². The summed E-state index contributed by atoms with van der Waals surface area (Å²) in [6, 6.07) is 0. The standard InChI is InChI=1S/C49H84O12/c1-21-37(50)45(13,14)54-29-25-41(5,6)58-33-49(34-59-42(7,8)26-30-55-46(15,16)38(51)22-2,35-60-43(9,10)27-31-56-47(17,18)39(52)23-3)36-61-44(11,12)28-32-57-48(19,20)40(53)24-4/h21-24H,1-4,25-36H2,5-20H3. The molecule has 0 aliphatic carbocycles. The average Bonchev–Trinajstić information content (AvgIpc) is 3.15. The molecule has 352 valence electrons. The zero-order valence-electron chi connectivity index (χ0n) is 41.0. The monoisotopic (exact) mass is 865 g/mol. The van der Waals surface area contributed by atoms with Crippen molar-refractivity contribution in [3.05, 3.63) is 50.6 Å². The van der Waals surface area contributed by atoms with E-state index in [1.807, 2.05) is 55.4 Å². The van der Waals surface area contributed by atoms with Crippen molar-refractivity contribution in [2.45, 2.75) is 181 Å². The number of hydrogen-bond donors (Lipinski definition) is 0. The second-order valence-electron chi connectivity index (χ2n) is 20.4. The largest absolute Gasteiger partial charge is 0.375 e. The van der Waals surface area contributed by atoms with Crippen LogP contribution in [0.3, 0.4) is 0 Å². The highest BCUT2D eigenvalue weighted by Crippen LogP contribution is 2.33. The van der Waals surface area contributed by atoms with Crippen molar-refractivity contribution in [2.75, 3.05) is 52.9 Å². The number of ketones is 4. The second kappa shape index (κ2) is 23.8. The molecule has 0 N–H and O–H groups in total. The first-order valence-electron chi connectivity index (χ1n) is 21.4. The van der Waals surface area contributed by atoms with Crippen LogP contribution >= 0.6 is 0 Å². The molecule has 0 bridgehead atoms. The highest BCUT2D eigenvalue weighted by molar-refractivity contribution is 5.97. The topological polar surface area (TPSA) is 142 Å².